The fourth-order valence-electron chi connectivity index (χ4n) is 3.30. The highest BCUT2D eigenvalue weighted by molar-refractivity contribution is 7.98. The van der Waals surface area contributed by atoms with Gasteiger partial charge in [0.2, 0.25) is 0 Å². The molecule has 0 bridgehead atoms. The molecule has 0 N–H and O–H groups in total. The second-order valence-electron chi connectivity index (χ2n) is 7.15. The van der Waals surface area contributed by atoms with Gasteiger partial charge in [-0.25, -0.2) is 0 Å². The lowest BCUT2D eigenvalue weighted by Crippen LogP contribution is -2.08. The molecule has 0 aliphatic carbocycles. The number of benzene rings is 3. The minimum atomic E-state index is -4.41. The Morgan fingerprint density at radius 1 is 0.938 bits per heavy atom. The van der Waals surface area contributed by atoms with Crippen LogP contribution < -0.4 is 4.74 Å². The van der Waals surface area contributed by atoms with Crippen molar-refractivity contribution < 1.29 is 17.9 Å². The molecule has 32 heavy (non-hydrogen) atoms. The van der Waals surface area contributed by atoms with Gasteiger partial charge in [0.05, 0.1) is 12.7 Å². The summed E-state index contributed by atoms with van der Waals surface area (Å²) in [5.41, 5.74) is 2.27. The van der Waals surface area contributed by atoms with Crippen LogP contribution in [0.1, 0.15) is 16.7 Å². The first-order chi connectivity index (χ1) is 15.4. The predicted octanol–water partition coefficient (Wildman–Crippen LogP) is 6.56. The number of aromatic nitrogens is 3. The van der Waals surface area contributed by atoms with Crippen molar-refractivity contribution in [2.45, 2.75) is 24.0 Å². The summed E-state index contributed by atoms with van der Waals surface area (Å²) in [5.74, 6) is 1.37. The van der Waals surface area contributed by atoms with E-state index in [1.54, 1.807) is 13.2 Å². The first kappa shape index (κ1) is 22.0. The highest BCUT2D eigenvalue weighted by Crippen LogP contribution is 2.36. The third-order valence-corrected chi connectivity index (χ3v) is 5.91. The maximum Gasteiger partial charge on any atom is 0.416 e. The second kappa shape index (κ2) is 9.08. The van der Waals surface area contributed by atoms with Gasteiger partial charge in [-0.2, -0.15) is 13.2 Å². The van der Waals surface area contributed by atoms with Gasteiger partial charge in [0, 0.05) is 17.0 Å². The Kier molecular flexibility index (Phi) is 6.23. The standard InChI is InChI=1S/C24H20F3N3OS/c1-16-10-12-19(13-11-16)30-22(17-7-5-8-20(14-17)31-2)28-29-23(30)32-15-18-6-3-4-9-21(18)24(25,26)27/h3-14H,15H2,1-2H3. The van der Waals surface area contributed by atoms with Crippen LogP contribution in [0.5, 0.6) is 5.75 Å². The molecule has 1 aromatic heterocycles. The number of thioether (sulfide) groups is 1. The fourth-order valence-corrected chi connectivity index (χ4v) is 4.26. The molecule has 0 unspecified atom stereocenters. The van der Waals surface area contributed by atoms with Crippen molar-refractivity contribution in [2.24, 2.45) is 0 Å². The van der Waals surface area contributed by atoms with Gasteiger partial charge in [0.15, 0.2) is 11.0 Å². The minimum absolute atomic E-state index is 0.109. The molecule has 0 amide bonds. The van der Waals surface area contributed by atoms with Gasteiger partial charge in [0.1, 0.15) is 5.75 Å². The summed E-state index contributed by atoms with van der Waals surface area (Å²) in [6, 6.07) is 20.8. The lowest BCUT2D eigenvalue weighted by atomic mass is 10.1. The number of aryl methyl sites for hydroxylation is 1. The van der Waals surface area contributed by atoms with Crippen LogP contribution >= 0.6 is 11.8 Å². The van der Waals surface area contributed by atoms with E-state index < -0.39 is 11.7 Å². The molecule has 164 valence electrons. The summed E-state index contributed by atoms with van der Waals surface area (Å²) < 4.78 is 47.4. The van der Waals surface area contributed by atoms with E-state index in [0.717, 1.165) is 22.9 Å². The van der Waals surface area contributed by atoms with Crippen LogP contribution in [-0.4, -0.2) is 21.9 Å². The van der Waals surface area contributed by atoms with E-state index in [9.17, 15) is 13.2 Å². The largest absolute Gasteiger partial charge is 0.497 e. The van der Waals surface area contributed by atoms with Crippen LogP contribution in [-0.2, 0) is 11.9 Å². The highest BCUT2D eigenvalue weighted by Gasteiger charge is 2.33. The van der Waals surface area contributed by atoms with Crippen molar-refractivity contribution >= 4 is 11.8 Å². The number of methoxy groups -OCH3 is 1. The van der Waals surface area contributed by atoms with E-state index in [-0.39, 0.29) is 11.3 Å². The van der Waals surface area contributed by atoms with Crippen LogP contribution in [0.3, 0.4) is 0 Å². The Hall–Kier alpha value is -3.26. The molecular formula is C24H20F3N3OS. The molecule has 4 aromatic rings. The normalized spacial score (nSPS) is 11.5. The SMILES string of the molecule is COc1cccc(-c2nnc(SCc3ccccc3C(F)(F)F)n2-c2ccc(C)cc2)c1. The number of hydrogen-bond acceptors (Lipinski definition) is 4. The first-order valence-electron chi connectivity index (χ1n) is 9.81. The lowest BCUT2D eigenvalue weighted by molar-refractivity contribution is -0.138. The Morgan fingerprint density at radius 2 is 1.69 bits per heavy atom. The maximum absolute atomic E-state index is 13.4. The van der Waals surface area contributed by atoms with E-state index in [4.69, 9.17) is 4.74 Å². The van der Waals surface area contributed by atoms with E-state index in [2.05, 4.69) is 10.2 Å². The van der Waals surface area contributed by atoms with Crippen molar-refractivity contribution in [3.63, 3.8) is 0 Å². The Balaban J connectivity index is 1.75. The second-order valence-corrected chi connectivity index (χ2v) is 8.10. The molecule has 0 saturated carbocycles. The Labute approximate surface area is 188 Å². The topological polar surface area (TPSA) is 39.9 Å². The zero-order valence-corrected chi connectivity index (χ0v) is 18.2. The van der Waals surface area contributed by atoms with Crippen LogP contribution in [0.25, 0.3) is 17.1 Å². The van der Waals surface area contributed by atoms with Crippen molar-refractivity contribution in [2.75, 3.05) is 7.11 Å². The fraction of sp³-hybridized carbons (Fsp3) is 0.167. The number of alkyl halides is 3. The number of rotatable bonds is 6. The third kappa shape index (κ3) is 4.65. The zero-order chi connectivity index (χ0) is 22.7. The van der Waals surface area contributed by atoms with Gasteiger partial charge in [-0.1, -0.05) is 59.8 Å². The smallest absolute Gasteiger partial charge is 0.416 e. The summed E-state index contributed by atoms with van der Waals surface area (Å²) in [7, 11) is 1.59. The zero-order valence-electron chi connectivity index (χ0n) is 17.4. The van der Waals surface area contributed by atoms with Crippen LogP contribution in [0.15, 0.2) is 78.0 Å². The van der Waals surface area contributed by atoms with Crippen molar-refractivity contribution in [3.05, 3.63) is 89.5 Å². The molecule has 0 atom stereocenters. The molecule has 0 spiro atoms. The first-order valence-corrected chi connectivity index (χ1v) is 10.8. The number of hydrogen-bond donors (Lipinski definition) is 0. The Morgan fingerprint density at radius 3 is 2.41 bits per heavy atom. The molecule has 1 heterocycles. The molecular weight excluding hydrogens is 435 g/mol. The summed E-state index contributed by atoms with van der Waals surface area (Å²) in [6.45, 7) is 1.99. The average Bonchev–Trinajstić information content (AvgIpc) is 3.22. The van der Waals surface area contributed by atoms with E-state index in [1.165, 1.54) is 23.9 Å². The quantitative estimate of drug-likeness (QED) is 0.309. The van der Waals surface area contributed by atoms with E-state index in [1.807, 2.05) is 60.0 Å². The summed E-state index contributed by atoms with van der Waals surface area (Å²) >= 11 is 1.21. The van der Waals surface area contributed by atoms with Crippen LogP contribution in [0.4, 0.5) is 13.2 Å². The molecule has 4 rings (SSSR count). The van der Waals surface area contributed by atoms with E-state index in [0.29, 0.717) is 16.7 Å². The van der Waals surface area contributed by atoms with Gasteiger partial charge in [-0.05, 0) is 42.8 Å². The number of ether oxygens (including phenoxy) is 1. The minimum Gasteiger partial charge on any atom is -0.497 e. The van der Waals surface area contributed by atoms with Crippen molar-refractivity contribution in [3.8, 4) is 22.8 Å². The molecule has 3 aromatic carbocycles. The monoisotopic (exact) mass is 455 g/mol. The predicted molar refractivity (Wildman–Crippen MR) is 119 cm³/mol. The van der Waals surface area contributed by atoms with Gasteiger partial charge in [0.25, 0.3) is 0 Å². The van der Waals surface area contributed by atoms with Crippen molar-refractivity contribution in [1.29, 1.82) is 0 Å². The van der Waals surface area contributed by atoms with Gasteiger partial charge >= 0.3 is 6.18 Å². The third-order valence-electron chi connectivity index (χ3n) is 4.93. The van der Waals surface area contributed by atoms with Gasteiger partial charge in [-0.3, -0.25) is 4.57 Å². The summed E-state index contributed by atoms with van der Waals surface area (Å²) in [4.78, 5) is 0. The molecule has 0 radical (unpaired) electrons. The molecule has 0 aliphatic rings. The van der Waals surface area contributed by atoms with Crippen LogP contribution in [0.2, 0.25) is 0 Å². The number of nitrogens with zero attached hydrogens (tertiary/aromatic N) is 3. The maximum atomic E-state index is 13.4. The van der Waals surface area contributed by atoms with Gasteiger partial charge < -0.3 is 4.74 Å². The van der Waals surface area contributed by atoms with E-state index >= 15 is 0 Å². The van der Waals surface area contributed by atoms with Crippen LogP contribution in [0, 0.1) is 6.92 Å². The lowest BCUT2D eigenvalue weighted by Gasteiger charge is -2.13. The molecule has 0 fully saturated rings. The molecule has 0 saturated heterocycles. The summed E-state index contributed by atoms with van der Waals surface area (Å²) in [5, 5.41) is 9.17. The molecule has 0 aliphatic heterocycles. The Bertz CT molecular complexity index is 1220. The molecule has 4 nitrogen and oxygen atoms in total. The average molecular weight is 456 g/mol. The van der Waals surface area contributed by atoms with Crippen molar-refractivity contribution in [1.82, 2.24) is 14.8 Å². The molecule has 8 heteroatoms. The van der Waals surface area contributed by atoms with Gasteiger partial charge in [-0.15, -0.1) is 10.2 Å². The number of halogens is 3. The highest BCUT2D eigenvalue weighted by atomic mass is 32.2. The summed E-state index contributed by atoms with van der Waals surface area (Å²) in [6.07, 6.45) is -4.41.